The van der Waals surface area contributed by atoms with E-state index < -0.39 is 0 Å². The lowest BCUT2D eigenvalue weighted by Gasteiger charge is -2.08. The van der Waals surface area contributed by atoms with Crippen LogP contribution in [0.2, 0.25) is 0 Å². The maximum Gasteiger partial charge on any atom is 0.135 e. The lowest BCUT2D eigenvalue weighted by molar-refractivity contribution is 1.17. The molecule has 0 radical (unpaired) electrons. The molecule has 4 nitrogen and oxygen atoms in total. The Morgan fingerprint density at radius 1 is 1.25 bits per heavy atom. The van der Waals surface area contributed by atoms with Crippen molar-refractivity contribution in [2.24, 2.45) is 0 Å². The van der Waals surface area contributed by atoms with Crippen LogP contribution in [0.15, 0.2) is 35.1 Å². The summed E-state index contributed by atoms with van der Waals surface area (Å²) in [7, 11) is 0. The van der Waals surface area contributed by atoms with Crippen LogP contribution in [-0.2, 0) is 0 Å². The molecule has 16 heavy (non-hydrogen) atoms. The molecule has 0 amide bonds. The van der Waals surface area contributed by atoms with E-state index in [9.17, 15) is 0 Å². The molecule has 0 aliphatic carbocycles. The van der Waals surface area contributed by atoms with Gasteiger partial charge in [-0.2, -0.15) is 0 Å². The number of rotatable bonds is 2. The number of nitrogens with one attached hydrogen (secondary N) is 1. The first kappa shape index (κ1) is 10.9. The molecule has 1 aromatic heterocycles. The van der Waals surface area contributed by atoms with Crippen molar-refractivity contribution in [2.75, 3.05) is 11.1 Å². The number of aromatic nitrogens is 2. The first-order valence-corrected chi connectivity index (χ1v) is 5.55. The zero-order valence-corrected chi connectivity index (χ0v) is 10.3. The summed E-state index contributed by atoms with van der Waals surface area (Å²) in [5.41, 5.74) is 7.71. The summed E-state index contributed by atoms with van der Waals surface area (Å²) in [4.78, 5) is 7.92. The highest BCUT2D eigenvalue weighted by atomic mass is 79.9. The highest BCUT2D eigenvalue weighted by Crippen LogP contribution is 2.22. The van der Waals surface area contributed by atoms with Crippen LogP contribution in [0.1, 0.15) is 5.56 Å². The molecule has 0 aliphatic rings. The Balaban J connectivity index is 2.27. The summed E-state index contributed by atoms with van der Waals surface area (Å²) in [6.07, 6.45) is 1.44. The van der Waals surface area contributed by atoms with Crippen LogP contribution < -0.4 is 11.1 Å². The average molecular weight is 279 g/mol. The highest BCUT2D eigenvalue weighted by molar-refractivity contribution is 9.10. The highest BCUT2D eigenvalue weighted by Gasteiger charge is 2.01. The third-order valence-corrected chi connectivity index (χ3v) is 2.63. The first-order valence-electron chi connectivity index (χ1n) is 4.76. The molecule has 0 aliphatic heterocycles. The zero-order chi connectivity index (χ0) is 11.5. The van der Waals surface area contributed by atoms with Crippen molar-refractivity contribution in [3.05, 3.63) is 40.6 Å². The molecule has 1 aromatic carbocycles. The van der Waals surface area contributed by atoms with E-state index in [0.717, 1.165) is 15.7 Å². The molecule has 0 bridgehead atoms. The molecule has 0 fully saturated rings. The number of aryl methyl sites for hydroxylation is 1. The number of nitrogen functional groups attached to an aromatic ring is 1. The number of nitrogens with zero attached hydrogens (tertiary/aromatic N) is 2. The Bertz CT molecular complexity index is 513. The second kappa shape index (κ2) is 4.49. The zero-order valence-electron chi connectivity index (χ0n) is 8.74. The lowest BCUT2D eigenvalue weighted by atomic mass is 10.2. The van der Waals surface area contributed by atoms with Gasteiger partial charge >= 0.3 is 0 Å². The minimum absolute atomic E-state index is 0.451. The molecule has 1 heterocycles. The topological polar surface area (TPSA) is 63.8 Å². The Morgan fingerprint density at radius 2 is 2.06 bits per heavy atom. The number of hydrogen-bond donors (Lipinski definition) is 2. The minimum Gasteiger partial charge on any atom is -0.384 e. The fourth-order valence-electron chi connectivity index (χ4n) is 1.35. The van der Waals surface area contributed by atoms with E-state index in [1.54, 1.807) is 6.07 Å². The van der Waals surface area contributed by atoms with Crippen molar-refractivity contribution in [3.8, 4) is 0 Å². The van der Waals surface area contributed by atoms with Gasteiger partial charge in [-0.05, 0) is 30.7 Å². The normalized spacial score (nSPS) is 10.1. The summed E-state index contributed by atoms with van der Waals surface area (Å²) < 4.78 is 1.05. The van der Waals surface area contributed by atoms with Crippen LogP contribution in [0.3, 0.4) is 0 Å². The number of hydrogen-bond acceptors (Lipinski definition) is 4. The smallest absolute Gasteiger partial charge is 0.135 e. The third kappa shape index (κ3) is 2.49. The number of nitrogens with two attached hydrogens (primary N) is 1. The van der Waals surface area contributed by atoms with Gasteiger partial charge in [-0.3, -0.25) is 0 Å². The lowest BCUT2D eigenvalue weighted by Crippen LogP contribution is -1.98. The van der Waals surface area contributed by atoms with Gasteiger partial charge in [-0.1, -0.05) is 15.9 Å². The number of halogens is 1. The monoisotopic (exact) mass is 278 g/mol. The minimum atomic E-state index is 0.451. The van der Waals surface area contributed by atoms with E-state index in [1.807, 2.05) is 25.1 Å². The molecule has 5 heteroatoms. The summed E-state index contributed by atoms with van der Waals surface area (Å²) in [5, 5.41) is 3.19. The standard InChI is InChI=1S/C11H11BrN4/c1-7-4-8(12)2-3-9(7)16-11-5-10(13)14-6-15-11/h2-6H,1H3,(H3,13,14,15,16). The van der Waals surface area contributed by atoms with Gasteiger partial charge in [-0.15, -0.1) is 0 Å². The molecule has 0 atom stereocenters. The van der Waals surface area contributed by atoms with Crippen molar-refractivity contribution in [1.82, 2.24) is 9.97 Å². The number of anilines is 3. The molecule has 0 saturated heterocycles. The van der Waals surface area contributed by atoms with Gasteiger partial charge in [0.2, 0.25) is 0 Å². The Labute approximate surface area is 102 Å². The Hall–Kier alpha value is -1.62. The molecule has 0 saturated carbocycles. The molecular weight excluding hydrogens is 268 g/mol. The fraction of sp³-hybridized carbons (Fsp3) is 0.0909. The largest absolute Gasteiger partial charge is 0.384 e. The van der Waals surface area contributed by atoms with Gasteiger partial charge < -0.3 is 11.1 Å². The second-order valence-electron chi connectivity index (χ2n) is 3.41. The van der Waals surface area contributed by atoms with Crippen LogP contribution in [-0.4, -0.2) is 9.97 Å². The number of benzene rings is 1. The maximum atomic E-state index is 5.58. The van der Waals surface area contributed by atoms with Crippen molar-refractivity contribution in [1.29, 1.82) is 0 Å². The van der Waals surface area contributed by atoms with Gasteiger partial charge in [0.15, 0.2) is 0 Å². The molecule has 0 unspecified atom stereocenters. The molecule has 3 N–H and O–H groups in total. The van der Waals surface area contributed by atoms with Crippen molar-refractivity contribution in [3.63, 3.8) is 0 Å². The average Bonchev–Trinajstić information content (AvgIpc) is 2.22. The molecular formula is C11H11BrN4. The third-order valence-electron chi connectivity index (χ3n) is 2.14. The van der Waals surface area contributed by atoms with E-state index in [4.69, 9.17) is 5.73 Å². The van der Waals surface area contributed by atoms with Crippen molar-refractivity contribution in [2.45, 2.75) is 6.92 Å². The predicted molar refractivity (Wildman–Crippen MR) is 68.6 cm³/mol. The summed E-state index contributed by atoms with van der Waals surface area (Å²) in [6, 6.07) is 7.69. The van der Waals surface area contributed by atoms with Gasteiger partial charge in [0.05, 0.1) is 0 Å². The van der Waals surface area contributed by atoms with Crippen molar-refractivity contribution >= 4 is 33.3 Å². The van der Waals surface area contributed by atoms with Crippen LogP contribution in [0.25, 0.3) is 0 Å². The summed E-state index contributed by atoms with van der Waals surface area (Å²) in [6.45, 7) is 2.03. The maximum absolute atomic E-state index is 5.58. The van der Waals surface area contributed by atoms with Gasteiger partial charge in [-0.25, -0.2) is 9.97 Å². The van der Waals surface area contributed by atoms with Crippen LogP contribution in [0.5, 0.6) is 0 Å². The first-order chi connectivity index (χ1) is 7.65. The Kier molecular flexibility index (Phi) is 3.05. The van der Waals surface area contributed by atoms with Gasteiger partial charge in [0.1, 0.15) is 18.0 Å². The van der Waals surface area contributed by atoms with E-state index in [-0.39, 0.29) is 0 Å². The Morgan fingerprint density at radius 3 is 2.75 bits per heavy atom. The van der Waals surface area contributed by atoms with E-state index in [2.05, 4.69) is 31.2 Å². The molecule has 0 spiro atoms. The predicted octanol–water partition coefficient (Wildman–Crippen LogP) is 2.87. The van der Waals surface area contributed by atoms with E-state index in [1.165, 1.54) is 6.33 Å². The van der Waals surface area contributed by atoms with E-state index in [0.29, 0.717) is 11.6 Å². The summed E-state index contributed by atoms with van der Waals surface area (Å²) in [5.74, 6) is 1.14. The SMILES string of the molecule is Cc1cc(Br)ccc1Nc1cc(N)ncn1. The van der Waals surface area contributed by atoms with E-state index >= 15 is 0 Å². The van der Waals surface area contributed by atoms with Crippen LogP contribution in [0, 0.1) is 6.92 Å². The quantitative estimate of drug-likeness (QED) is 0.887. The van der Waals surface area contributed by atoms with Crippen LogP contribution >= 0.6 is 15.9 Å². The molecule has 2 rings (SSSR count). The van der Waals surface area contributed by atoms with Gasteiger partial charge in [0.25, 0.3) is 0 Å². The summed E-state index contributed by atoms with van der Waals surface area (Å²) >= 11 is 3.42. The molecule has 2 aromatic rings. The fourth-order valence-corrected chi connectivity index (χ4v) is 1.82. The molecule has 82 valence electrons. The van der Waals surface area contributed by atoms with Crippen molar-refractivity contribution < 1.29 is 0 Å². The second-order valence-corrected chi connectivity index (χ2v) is 4.33. The van der Waals surface area contributed by atoms with Crippen LogP contribution in [0.4, 0.5) is 17.3 Å². The van der Waals surface area contributed by atoms with Gasteiger partial charge in [0, 0.05) is 16.2 Å².